The Morgan fingerprint density at radius 3 is 3.00 bits per heavy atom. The van der Waals surface area contributed by atoms with Gasteiger partial charge < -0.3 is 5.11 Å². The summed E-state index contributed by atoms with van der Waals surface area (Å²) in [6.45, 7) is 0. The Bertz CT molecular complexity index is 243. The highest BCUT2D eigenvalue weighted by Gasteiger charge is 2.24. The van der Waals surface area contributed by atoms with Crippen LogP contribution < -0.4 is 0 Å². The molecule has 1 N–H and O–H groups in total. The maximum atomic E-state index is 9.62. The van der Waals surface area contributed by atoms with Crippen molar-refractivity contribution >= 4 is 11.3 Å². The Morgan fingerprint density at radius 1 is 1.46 bits per heavy atom. The number of hydrogen-bond donors (Lipinski definition) is 1. The van der Waals surface area contributed by atoms with Gasteiger partial charge in [-0.3, -0.25) is 0 Å². The van der Waals surface area contributed by atoms with Crippen molar-refractivity contribution in [1.29, 1.82) is 0 Å². The van der Waals surface area contributed by atoms with E-state index in [1.54, 1.807) is 0 Å². The first-order chi connectivity index (χ1) is 6.36. The van der Waals surface area contributed by atoms with E-state index in [1.165, 1.54) is 24.1 Å². The molecule has 1 aliphatic carbocycles. The van der Waals surface area contributed by atoms with Crippen molar-refractivity contribution in [3.05, 3.63) is 22.4 Å². The molecule has 0 aliphatic heterocycles. The van der Waals surface area contributed by atoms with Crippen molar-refractivity contribution in [3.63, 3.8) is 0 Å². The minimum atomic E-state index is -0.0139. The lowest BCUT2D eigenvalue weighted by Gasteiger charge is -2.12. The maximum absolute atomic E-state index is 9.62. The topological polar surface area (TPSA) is 20.2 Å². The summed E-state index contributed by atoms with van der Waals surface area (Å²) in [5, 5.41) is 11.7. The number of aliphatic hydroxyl groups is 1. The smallest absolute Gasteiger partial charge is 0.0568 e. The van der Waals surface area contributed by atoms with Crippen LogP contribution in [0.15, 0.2) is 17.5 Å². The van der Waals surface area contributed by atoms with Crippen LogP contribution in [0.1, 0.15) is 30.6 Å². The van der Waals surface area contributed by atoms with E-state index in [2.05, 4.69) is 17.5 Å². The van der Waals surface area contributed by atoms with Crippen LogP contribution >= 0.6 is 11.3 Å². The van der Waals surface area contributed by atoms with Crippen LogP contribution in [0.5, 0.6) is 0 Å². The molecule has 1 fully saturated rings. The highest BCUT2D eigenvalue weighted by Crippen LogP contribution is 2.29. The van der Waals surface area contributed by atoms with E-state index in [1.807, 2.05) is 11.3 Å². The zero-order valence-corrected chi connectivity index (χ0v) is 8.59. The van der Waals surface area contributed by atoms with Gasteiger partial charge in [-0.1, -0.05) is 12.5 Å². The van der Waals surface area contributed by atoms with Gasteiger partial charge in [0, 0.05) is 4.88 Å². The van der Waals surface area contributed by atoms with E-state index < -0.39 is 0 Å². The van der Waals surface area contributed by atoms with Crippen LogP contribution in [0.3, 0.4) is 0 Å². The standard InChI is InChI=1S/C11H16OS/c12-11-5-1-3-9(11)6-7-10-4-2-8-13-10/h2,4,8-9,11-12H,1,3,5-7H2. The lowest BCUT2D eigenvalue weighted by Crippen LogP contribution is -2.13. The van der Waals surface area contributed by atoms with E-state index in [0.29, 0.717) is 5.92 Å². The molecule has 0 amide bonds. The highest BCUT2D eigenvalue weighted by atomic mass is 32.1. The second-order valence-electron chi connectivity index (χ2n) is 3.88. The van der Waals surface area contributed by atoms with Gasteiger partial charge in [0.2, 0.25) is 0 Å². The third-order valence-electron chi connectivity index (χ3n) is 2.96. The lowest BCUT2D eigenvalue weighted by molar-refractivity contribution is 0.128. The Labute approximate surface area is 83.4 Å². The molecule has 0 radical (unpaired) electrons. The number of thiophene rings is 1. The summed E-state index contributed by atoms with van der Waals surface area (Å²) < 4.78 is 0. The average molecular weight is 196 g/mol. The zero-order chi connectivity index (χ0) is 9.10. The minimum absolute atomic E-state index is 0.0139. The summed E-state index contributed by atoms with van der Waals surface area (Å²) in [4.78, 5) is 1.46. The highest BCUT2D eigenvalue weighted by molar-refractivity contribution is 7.09. The van der Waals surface area contributed by atoms with E-state index in [9.17, 15) is 5.11 Å². The second kappa shape index (κ2) is 4.25. The molecule has 1 aliphatic rings. The first-order valence-corrected chi connectivity index (χ1v) is 5.94. The van der Waals surface area contributed by atoms with Gasteiger partial charge in [0.1, 0.15) is 0 Å². The number of rotatable bonds is 3. The molecule has 0 bridgehead atoms. The van der Waals surface area contributed by atoms with Crippen LogP contribution in [-0.2, 0) is 6.42 Å². The summed E-state index contributed by atoms with van der Waals surface area (Å²) in [7, 11) is 0. The molecule has 72 valence electrons. The van der Waals surface area contributed by atoms with E-state index in [4.69, 9.17) is 0 Å². The van der Waals surface area contributed by atoms with Crippen molar-refractivity contribution in [1.82, 2.24) is 0 Å². The van der Waals surface area contributed by atoms with Gasteiger partial charge in [0.15, 0.2) is 0 Å². The maximum Gasteiger partial charge on any atom is 0.0568 e. The monoisotopic (exact) mass is 196 g/mol. The molecule has 0 saturated heterocycles. The second-order valence-corrected chi connectivity index (χ2v) is 4.91. The first kappa shape index (κ1) is 9.22. The molecule has 0 spiro atoms. The number of aliphatic hydroxyl groups excluding tert-OH is 1. The summed E-state index contributed by atoms with van der Waals surface area (Å²) in [6, 6.07) is 4.29. The Kier molecular flexibility index (Phi) is 3.01. The van der Waals surface area contributed by atoms with Gasteiger partial charge in [0.25, 0.3) is 0 Å². The Hall–Kier alpha value is -0.340. The van der Waals surface area contributed by atoms with Crippen LogP contribution in [0.25, 0.3) is 0 Å². The summed E-state index contributed by atoms with van der Waals surface area (Å²) in [5.74, 6) is 0.571. The zero-order valence-electron chi connectivity index (χ0n) is 7.78. The van der Waals surface area contributed by atoms with Crippen molar-refractivity contribution < 1.29 is 5.11 Å². The molecule has 2 atom stereocenters. The van der Waals surface area contributed by atoms with Crippen molar-refractivity contribution in [2.24, 2.45) is 5.92 Å². The fourth-order valence-electron chi connectivity index (χ4n) is 2.14. The van der Waals surface area contributed by atoms with Crippen molar-refractivity contribution in [3.8, 4) is 0 Å². The van der Waals surface area contributed by atoms with Gasteiger partial charge in [0.05, 0.1) is 6.10 Å². The molecule has 2 unspecified atom stereocenters. The Morgan fingerprint density at radius 2 is 2.38 bits per heavy atom. The van der Waals surface area contributed by atoms with Crippen LogP contribution in [0, 0.1) is 5.92 Å². The molecular weight excluding hydrogens is 180 g/mol. The fraction of sp³-hybridized carbons (Fsp3) is 0.636. The third-order valence-corrected chi connectivity index (χ3v) is 3.90. The summed E-state index contributed by atoms with van der Waals surface area (Å²) >= 11 is 1.83. The number of aryl methyl sites for hydroxylation is 1. The Balaban J connectivity index is 1.79. The normalized spacial score (nSPS) is 28.1. The van der Waals surface area contributed by atoms with Crippen molar-refractivity contribution in [2.45, 2.75) is 38.2 Å². The average Bonchev–Trinajstić information content (AvgIpc) is 2.72. The quantitative estimate of drug-likeness (QED) is 0.788. The fourth-order valence-corrected chi connectivity index (χ4v) is 2.86. The molecule has 1 aromatic heterocycles. The van der Waals surface area contributed by atoms with Crippen LogP contribution in [-0.4, -0.2) is 11.2 Å². The molecular formula is C11H16OS. The predicted molar refractivity (Wildman–Crippen MR) is 56.0 cm³/mol. The largest absolute Gasteiger partial charge is 0.393 e. The molecule has 2 rings (SSSR count). The van der Waals surface area contributed by atoms with E-state index >= 15 is 0 Å². The van der Waals surface area contributed by atoms with E-state index in [-0.39, 0.29) is 6.10 Å². The molecule has 1 nitrogen and oxygen atoms in total. The van der Waals surface area contributed by atoms with Crippen LogP contribution in [0.4, 0.5) is 0 Å². The van der Waals surface area contributed by atoms with Crippen LogP contribution in [0.2, 0.25) is 0 Å². The third kappa shape index (κ3) is 2.32. The molecule has 1 aromatic rings. The molecule has 1 saturated carbocycles. The molecule has 1 heterocycles. The lowest BCUT2D eigenvalue weighted by atomic mass is 9.99. The van der Waals surface area contributed by atoms with Gasteiger partial charge in [-0.2, -0.15) is 0 Å². The molecule has 13 heavy (non-hydrogen) atoms. The van der Waals surface area contributed by atoms with E-state index in [0.717, 1.165) is 12.8 Å². The first-order valence-electron chi connectivity index (χ1n) is 5.06. The SMILES string of the molecule is OC1CCCC1CCc1cccs1. The van der Waals surface area contributed by atoms with Gasteiger partial charge in [-0.25, -0.2) is 0 Å². The van der Waals surface area contributed by atoms with Crippen molar-refractivity contribution in [2.75, 3.05) is 0 Å². The van der Waals surface area contributed by atoms with Gasteiger partial charge in [-0.05, 0) is 43.0 Å². The van der Waals surface area contributed by atoms with Gasteiger partial charge in [-0.15, -0.1) is 11.3 Å². The summed E-state index contributed by atoms with van der Waals surface area (Å²) in [5.41, 5.74) is 0. The molecule has 0 aromatic carbocycles. The predicted octanol–water partition coefficient (Wildman–Crippen LogP) is 2.84. The van der Waals surface area contributed by atoms with Gasteiger partial charge >= 0.3 is 0 Å². The number of hydrogen-bond acceptors (Lipinski definition) is 2. The molecule has 2 heteroatoms. The summed E-state index contributed by atoms with van der Waals surface area (Å²) in [6.07, 6.45) is 5.78. The minimum Gasteiger partial charge on any atom is -0.393 e.